The van der Waals surface area contributed by atoms with E-state index in [1.54, 1.807) is 0 Å². The van der Waals surface area contributed by atoms with Gasteiger partial charge in [-0.25, -0.2) is 0 Å². The predicted octanol–water partition coefficient (Wildman–Crippen LogP) is 2.04. The third-order valence-corrected chi connectivity index (χ3v) is 3.63. The van der Waals surface area contributed by atoms with Gasteiger partial charge < -0.3 is 9.64 Å². The molecule has 2 nitrogen and oxygen atoms in total. The van der Waals surface area contributed by atoms with E-state index in [-0.39, 0.29) is 0 Å². The standard InChI is InChI=1S/C11H21NO/c1-13-11-6-3-8-12(9-7-11)10-4-2-5-10/h10-11H,2-9H2,1H3. The van der Waals surface area contributed by atoms with Crippen molar-refractivity contribution in [1.29, 1.82) is 0 Å². The first-order valence-corrected chi connectivity index (χ1v) is 5.67. The van der Waals surface area contributed by atoms with Crippen molar-refractivity contribution in [3.8, 4) is 0 Å². The quantitative estimate of drug-likeness (QED) is 0.649. The van der Waals surface area contributed by atoms with Gasteiger partial charge in [0, 0.05) is 19.7 Å². The Morgan fingerprint density at radius 2 is 1.85 bits per heavy atom. The molecule has 0 amide bonds. The second kappa shape index (κ2) is 4.43. The first kappa shape index (κ1) is 9.47. The first-order valence-electron chi connectivity index (χ1n) is 5.67. The summed E-state index contributed by atoms with van der Waals surface area (Å²) in [6, 6.07) is 0.926. The van der Waals surface area contributed by atoms with Gasteiger partial charge in [-0.1, -0.05) is 6.42 Å². The Kier molecular flexibility index (Phi) is 3.23. The van der Waals surface area contributed by atoms with Crippen molar-refractivity contribution >= 4 is 0 Å². The molecule has 2 aliphatic rings. The molecule has 2 heteroatoms. The lowest BCUT2D eigenvalue weighted by atomic mass is 9.91. The van der Waals surface area contributed by atoms with E-state index in [4.69, 9.17) is 4.74 Å². The molecule has 2 fully saturated rings. The number of rotatable bonds is 2. The average Bonchev–Trinajstić information content (AvgIpc) is 2.27. The molecule has 0 N–H and O–H groups in total. The van der Waals surface area contributed by atoms with Crippen molar-refractivity contribution in [2.24, 2.45) is 0 Å². The van der Waals surface area contributed by atoms with Crippen LogP contribution < -0.4 is 0 Å². The van der Waals surface area contributed by atoms with Gasteiger partial charge in [-0.15, -0.1) is 0 Å². The largest absolute Gasteiger partial charge is 0.381 e. The lowest BCUT2D eigenvalue weighted by Crippen LogP contribution is -2.40. The van der Waals surface area contributed by atoms with E-state index in [0.717, 1.165) is 6.04 Å². The van der Waals surface area contributed by atoms with Crippen LogP contribution in [-0.4, -0.2) is 37.2 Å². The predicted molar refractivity (Wildman–Crippen MR) is 53.9 cm³/mol. The van der Waals surface area contributed by atoms with E-state index in [1.165, 1.54) is 51.6 Å². The first-order chi connectivity index (χ1) is 6.40. The number of hydrogen-bond acceptors (Lipinski definition) is 2. The van der Waals surface area contributed by atoms with Crippen LogP contribution in [0.15, 0.2) is 0 Å². The normalized spacial score (nSPS) is 32.5. The van der Waals surface area contributed by atoms with Gasteiger partial charge in [0.2, 0.25) is 0 Å². The van der Waals surface area contributed by atoms with Gasteiger partial charge >= 0.3 is 0 Å². The van der Waals surface area contributed by atoms with Crippen LogP contribution >= 0.6 is 0 Å². The minimum atomic E-state index is 0.532. The van der Waals surface area contributed by atoms with Gasteiger partial charge in [-0.3, -0.25) is 0 Å². The van der Waals surface area contributed by atoms with Crippen LogP contribution in [0.3, 0.4) is 0 Å². The van der Waals surface area contributed by atoms with Crippen LogP contribution in [0.1, 0.15) is 38.5 Å². The number of methoxy groups -OCH3 is 1. The molecule has 1 aliphatic carbocycles. The Morgan fingerprint density at radius 3 is 2.46 bits per heavy atom. The molecule has 1 saturated heterocycles. The number of ether oxygens (including phenoxy) is 1. The summed E-state index contributed by atoms with van der Waals surface area (Å²) in [6.45, 7) is 2.58. The summed E-state index contributed by atoms with van der Waals surface area (Å²) in [4.78, 5) is 2.68. The lowest BCUT2D eigenvalue weighted by Gasteiger charge is -2.36. The molecular formula is C11H21NO. The highest BCUT2D eigenvalue weighted by molar-refractivity contribution is 4.82. The van der Waals surface area contributed by atoms with Crippen LogP contribution in [-0.2, 0) is 4.74 Å². The van der Waals surface area contributed by atoms with E-state index >= 15 is 0 Å². The van der Waals surface area contributed by atoms with Crippen molar-refractivity contribution < 1.29 is 4.74 Å². The highest BCUT2D eigenvalue weighted by Gasteiger charge is 2.26. The molecule has 1 unspecified atom stereocenters. The fourth-order valence-electron chi connectivity index (χ4n) is 2.44. The molecule has 1 saturated carbocycles. The van der Waals surface area contributed by atoms with Gasteiger partial charge in [0.05, 0.1) is 6.10 Å². The second-order valence-electron chi connectivity index (χ2n) is 4.41. The van der Waals surface area contributed by atoms with E-state index in [2.05, 4.69) is 4.90 Å². The molecule has 0 aromatic heterocycles. The van der Waals surface area contributed by atoms with Crippen molar-refractivity contribution in [2.75, 3.05) is 20.2 Å². The van der Waals surface area contributed by atoms with Crippen LogP contribution in [0.25, 0.3) is 0 Å². The smallest absolute Gasteiger partial charge is 0.0584 e. The maximum atomic E-state index is 5.42. The minimum absolute atomic E-state index is 0.532. The Balaban J connectivity index is 1.79. The molecule has 1 atom stereocenters. The zero-order chi connectivity index (χ0) is 9.10. The van der Waals surface area contributed by atoms with Crippen LogP contribution in [0.5, 0.6) is 0 Å². The van der Waals surface area contributed by atoms with Gasteiger partial charge in [0.1, 0.15) is 0 Å². The van der Waals surface area contributed by atoms with Gasteiger partial charge in [-0.05, 0) is 38.6 Å². The fourth-order valence-corrected chi connectivity index (χ4v) is 2.44. The summed E-state index contributed by atoms with van der Waals surface area (Å²) in [5, 5.41) is 0. The third kappa shape index (κ3) is 2.23. The maximum absolute atomic E-state index is 5.42. The van der Waals surface area contributed by atoms with E-state index < -0.39 is 0 Å². The van der Waals surface area contributed by atoms with Crippen molar-refractivity contribution in [3.63, 3.8) is 0 Å². The Morgan fingerprint density at radius 1 is 1.00 bits per heavy atom. The number of hydrogen-bond donors (Lipinski definition) is 0. The SMILES string of the molecule is COC1CCCN(C2CCC2)CC1. The molecular weight excluding hydrogens is 162 g/mol. The van der Waals surface area contributed by atoms with Crippen LogP contribution in [0.2, 0.25) is 0 Å². The molecule has 76 valence electrons. The van der Waals surface area contributed by atoms with Gasteiger partial charge in [-0.2, -0.15) is 0 Å². The summed E-state index contributed by atoms with van der Waals surface area (Å²) < 4.78 is 5.42. The highest BCUT2D eigenvalue weighted by atomic mass is 16.5. The minimum Gasteiger partial charge on any atom is -0.381 e. The molecule has 0 aromatic carbocycles. The Labute approximate surface area is 81.3 Å². The summed E-state index contributed by atoms with van der Waals surface area (Å²) >= 11 is 0. The monoisotopic (exact) mass is 183 g/mol. The number of likely N-dealkylation sites (tertiary alicyclic amines) is 1. The van der Waals surface area contributed by atoms with E-state index in [0.29, 0.717) is 6.10 Å². The molecule has 13 heavy (non-hydrogen) atoms. The lowest BCUT2D eigenvalue weighted by molar-refractivity contribution is 0.0821. The van der Waals surface area contributed by atoms with Gasteiger partial charge in [0.15, 0.2) is 0 Å². The van der Waals surface area contributed by atoms with Crippen molar-refractivity contribution in [3.05, 3.63) is 0 Å². The van der Waals surface area contributed by atoms with Crippen LogP contribution in [0.4, 0.5) is 0 Å². The summed E-state index contributed by atoms with van der Waals surface area (Å²) in [7, 11) is 1.85. The maximum Gasteiger partial charge on any atom is 0.0584 e. The molecule has 1 aliphatic heterocycles. The Bertz CT molecular complexity index is 156. The van der Waals surface area contributed by atoms with Crippen LogP contribution in [0, 0.1) is 0 Å². The fraction of sp³-hybridized carbons (Fsp3) is 1.00. The summed E-state index contributed by atoms with van der Waals surface area (Å²) in [5.74, 6) is 0. The van der Waals surface area contributed by atoms with E-state index in [1.807, 2.05) is 7.11 Å². The molecule has 2 rings (SSSR count). The number of nitrogens with zero attached hydrogens (tertiary/aromatic N) is 1. The van der Waals surface area contributed by atoms with Gasteiger partial charge in [0.25, 0.3) is 0 Å². The molecule has 0 radical (unpaired) electrons. The zero-order valence-corrected chi connectivity index (χ0v) is 8.67. The highest BCUT2D eigenvalue weighted by Crippen LogP contribution is 2.27. The Hall–Kier alpha value is -0.0800. The molecule has 1 heterocycles. The molecule has 0 bridgehead atoms. The molecule has 0 aromatic rings. The average molecular weight is 183 g/mol. The summed E-state index contributed by atoms with van der Waals surface area (Å²) in [6.07, 6.45) is 8.70. The van der Waals surface area contributed by atoms with Crippen molar-refractivity contribution in [2.45, 2.75) is 50.7 Å². The van der Waals surface area contributed by atoms with E-state index in [9.17, 15) is 0 Å². The summed E-state index contributed by atoms with van der Waals surface area (Å²) in [5.41, 5.74) is 0. The second-order valence-corrected chi connectivity index (χ2v) is 4.41. The molecule has 0 spiro atoms. The van der Waals surface area contributed by atoms with Crippen molar-refractivity contribution in [1.82, 2.24) is 4.90 Å². The topological polar surface area (TPSA) is 12.5 Å². The third-order valence-electron chi connectivity index (χ3n) is 3.63. The zero-order valence-electron chi connectivity index (χ0n) is 8.67.